The molecular formula is C17H28N8. The van der Waals surface area contributed by atoms with Crippen LogP contribution in [0, 0.1) is 6.92 Å². The van der Waals surface area contributed by atoms with Crippen LogP contribution in [-0.2, 0) is 13.1 Å². The van der Waals surface area contributed by atoms with E-state index >= 15 is 0 Å². The number of likely N-dealkylation sites (N-methyl/N-ethyl adjacent to an activating group) is 1. The van der Waals surface area contributed by atoms with Crippen molar-refractivity contribution in [2.75, 3.05) is 25.0 Å². The quantitative estimate of drug-likeness (QED) is 0.756. The second-order valence-corrected chi connectivity index (χ2v) is 6.86. The van der Waals surface area contributed by atoms with Gasteiger partial charge in [-0.25, -0.2) is 4.68 Å². The van der Waals surface area contributed by atoms with Crippen LogP contribution in [0.15, 0.2) is 12.1 Å². The smallest absolute Gasteiger partial charge is 0.165 e. The minimum absolute atomic E-state index is 0.466. The molecular weight excluding hydrogens is 316 g/mol. The minimum atomic E-state index is 0.466. The van der Waals surface area contributed by atoms with E-state index in [-0.39, 0.29) is 0 Å². The molecule has 2 aromatic rings. The van der Waals surface area contributed by atoms with Gasteiger partial charge in [0.05, 0.1) is 12.2 Å². The maximum absolute atomic E-state index is 4.34. The average molecular weight is 344 g/mol. The van der Waals surface area contributed by atoms with Gasteiger partial charge in [0.2, 0.25) is 0 Å². The Balaban J connectivity index is 1.61. The Hall–Kier alpha value is -2.09. The van der Waals surface area contributed by atoms with Crippen LogP contribution in [0.1, 0.15) is 44.1 Å². The molecule has 1 atom stereocenters. The first-order valence-electron chi connectivity index (χ1n) is 9.18. The lowest BCUT2D eigenvalue weighted by molar-refractivity contribution is 0.199. The van der Waals surface area contributed by atoms with E-state index in [0.29, 0.717) is 6.04 Å². The minimum Gasteiger partial charge on any atom is -0.354 e. The van der Waals surface area contributed by atoms with E-state index in [0.717, 1.165) is 62.8 Å². The number of tetrazole rings is 1. The van der Waals surface area contributed by atoms with Crippen molar-refractivity contribution >= 4 is 5.82 Å². The molecule has 3 rings (SSSR count). The van der Waals surface area contributed by atoms with Gasteiger partial charge in [0.15, 0.2) is 11.6 Å². The lowest BCUT2D eigenvalue weighted by atomic mass is 10.0. The highest BCUT2D eigenvalue weighted by atomic mass is 15.5. The molecule has 0 radical (unpaired) electrons. The first-order chi connectivity index (χ1) is 12.2. The summed E-state index contributed by atoms with van der Waals surface area (Å²) in [7, 11) is 2.16. The molecule has 25 heavy (non-hydrogen) atoms. The van der Waals surface area contributed by atoms with Gasteiger partial charge in [-0.05, 0) is 55.8 Å². The maximum Gasteiger partial charge on any atom is 0.165 e. The maximum atomic E-state index is 4.34. The number of hydrogen-bond acceptors (Lipinski definition) is 7. The van der Waals surface area contributed by atoms with Crippen molar-refractivity contribution in [3.8, 4) is 0 Å². The fraction of sp³-hybridized carbons (Fsp3) is 0.706. The molecule has 1 aliphatic heterocycles. The largest absolute Gasteiger partial charge is 0.354 e. The SMILES string of the molecule is CCCCn1nnnc1CN(C)[C@H]1CCCN(c2ccc(C)nn2)C1. The molecule has 0 N–H and O–H groups in total. The average Bonchev–Trinajstić information content (AvgIpc) is 3.07. The Kier molecular flexibility index (Phi) is 5.91. The van der Waals surface area contributed by atoms with Crippen molar-refractivity contribution in [3.63, 3.8) is 0 Å². The third kappa shape index (κ3) is 4.50. The van der Waals surface area contributed by atoms with Crippen LogP contribution < -0.4 is 4.90 Å². The Bertz CT molecular complexity index is 653. The van der Waals surface area contributed by atoms with Crippen LogP contribution in [0.4, 0.5) is 5.82 Å². The van der Waals surface area contributed by atoms with E-state index in [9.17, 15) is 0 Å². The van der Waals surface area contributed by atoms with E-state index in [2.05, 4.69) is 55.6 Å². The molecule has 1 aliphatic rings. The number of aromatic nitrogens is 6. The van der Waals surface area contributed by atoms with Crippen molar-refractivity contribution in [2.45, 2.75) is 58.7 Å². The van der Waals surface area contributed by atoms with Crippen LogP contribution >= 0.6 is 0 Å². The summed E-state index contributed by atoms with van der Waals surface area (Å²) in [6, 6.07) is 4.56. The summed E-state index contributed by atoms with van der Waals surface area (Å²) in [5.74, 6) is 1.92. The predicted octanol–water partition coefficient (Wildman–Crippen LogP) is 1.67. The number of rotatable bonds is 7. The third-order valence-corrected chi connectivity index (χ3v) is 4.85. The first kappa shape index (κ1) is 17.7. The van der Waals surface area contributed by atoms with Crippen LogP contribution in [0.2, 0.25) is 0 Å². The summed E-state index contributed by atoms with van der Waals surface area (Å²) in [6.45, 7) is 7.81. The summed E-state index contributed by atoms with van der Waals surface area (Å²) in [6.07, 6.45) is 4.59. The van der Waals surface area contributed by atoms with Crippen molar-refractivity contribution < 1.29 is 0 Å². The molecule has 8 heteroatoms. The normalized spacial score (nSPS) is 18.1. The van der Waals surface area contributed by atoms with E-state index in [1.54, 1.807) is 0 Å². The monoisotopic (exact) mass is 344 g/mol. The molecule has 8 nitrogen and oxygen atoms in total. The topological polar surface area (TPSA) is 75.9 Å². The van der Waals surface area contributed by atoms with Gasteiger partial charge >= 0.3 is 0 Å². The van der Waals surface area contributed by atoms with Gasteiger partial charge in [-0.2, -0.15) is 5.10 Å². The van der Waals surface area contributed by atoms with Crippen molar-refractivity contribution in [3.05, 3.63) is 23.7 Å². The number of piperidine rings is 1. The predicted molar refractivity (Wildman–Crippen MR) is 96.2 cm³/mol. The van der Waals surface area contributed by atoms with Crippen molar-refractivity contribution in [1.29, 1.82) is 0 Å². The zero-order valence-electron chi connectivity index (χ0n) is 15.5. The Morgan fingerprint density at radius 2 is 2.12 bits per heavy atom. The molecule has 136 valence electrons. The molecule has 0 spiro atoms. The van der Waals surface area contributed by atoms with E-state index in [4.69, 9.17) is 0 Å². The molecule has 0 saturated carbocycles. The van der Waals surface area contributed by atoms with Gasteiger partial charge in [-0.3, -0.25) is 4.90 Å². The zero-order chi connectivity index (χ0) is 17.6. The molecule has 0 aliphatic carbocycles. The molecule has 0 amide bonds. The van der Waals surface area contributed by atoms with E-state index < -0.39 is 0 Å². The molecule has 0 aromatic carbocycles. The highest BCUT2D eigenvalue weighted by molar-refractivity contribution is 5.38. The molecule has 1 saturated heterocycles. The second-order valence-electron chi connectivity index (χ2n) is 6.86. The highest BCUT2D eigenvalue weighted by Crippen LogP contribution is 2.20. The summed E-state index contributed by atoms with van der Waals surface area (Å²) in [5.41, 5.74) is 0.952. The van der Waals surface area contributed by atoms with Crippen LogP contribution in [0.5, 0.6) is 0 Å². The summed E-state index contributed by atoms with van der Waals surface area (Å²) in [5, 5.41) is 20.7. The van der Waals surface area contributed by atoms with Crippen LogP contribution in [0.25, 0.3) is 0 Å². The standard InChI is InChI=1S/C17H28N8/c1-4-5-11-25-17(20-21-22-25)13-23(3)15-7-6-10-24(12-15)16-9-8-14(2)18-19-16/h8-9,15H,4-7,10-13H2,1-3H3/t15-/m0/s1. The van der Waals surface area contributed by atoms with E-state index in [1.165, 1.54) is 6.42 Å². The first-order valence-corrected chi connectivity index (χ1v) is 9.18. The number of nitrogens with zero attached hydrogens (tertiary/aromatic N) is 8. The van der Waals surface area contributed by atoms with Crippen LogP contribution in [0.3, 0.4) is 0 Å². The summed E-state index contributed by atoms with van der Waals surface area (Å²) < 4.78 is 1.94. The number of anilines is 1. The Morgan fingerprint density at radius 3 is 2.88 bits per heavy atom. The molecule has 1 fully saturated rings. The number of aryl methyl sites for hydroxylation is 2. The fourth-order valence-electron chi connectivity index (χ4n) is 3.25. The highest BCUT2D eigenvalue weighted by Gasteiger charge is 2.25. The molecule has 3 heterocycles. The summed E-state index contributed by atoms with van der Waals surface area (Å²) in [4.78, 5) is 4.69. The summed E-state index contributed by atoms with van der Waals surface area (Å²) >= 11 is 0. The Labute approximate surface area is 149 Å². The van der Waals surface area contributed by atoms with Gasteiger partial charge in [0.25, 0.3) is 0 Å². The van der Waals surface area contributed by atoms with Gasteiger partial charge in [-0.15, -0.1) is 10.2 Å². The van der Waals surface area contributed by atoms with E-state index in [1.807, 2.05) is 17.7 Å². The van der Waals surface area contributed by atoms with Crippen molar-refractivity contribution in [2.24, 2.45) is 0 Å². The van der Waals surface area contributed by atoms with Gasteiger partial charge in [0.1, 0.15) is 0 Å². The Morgan fingerprint density at radius 1 is 1.24 bits per heavy atom. The fourth-order valence-corrected chi connectivity index (χ4v) is 3.25. The lowest BCUT2D eigenvalue weighted by Crippen LogP contribution is -2.46. The van der Waals surface area contributed by atoms with Crippen LogP contribution in [-0.4, -0.2) is 61.5 Å². The van der Waals surface area contributed by atoms with Gasteiger partial charge < -0.3 is 4.90 Å². The third-order valence-electron chi connectivity index (χ3n) is 4.85. The second kappa shape index (κ2) is 8.33. The molecule has 0 bridgehead atoms. The number of unbranched alkanes of at least 4 members (excludes halogenated alkanes) is 1. The van der Waals surface area contributed by atoms with Crippen molar-refractivity contribution in [1.82, 2.24) is 35.3 Å². The van der Waals surface area contributed by atoms with Gasteiger partial charge in [0, 0.05) is 25.7 Å². The molecule has 2 aromatic heterocycles. The number of hydrogen-bond donors (Lipinski definition) is 0. The molecule has 0 unspecified atom stereocenters. The zero-order valence-corrected chi connectivity index (χ0v) is 15.5. The lowest BCUT2D eigenvalue weighted by Gasteiger charge is -2.37. The van der Waals surface area contributed by atoms with Gasteiger partial charge in [-0.1, -0.05) is 13.3 Å².